The van der Waals surface area contributed by atoms with Gasteiger partial charge in [0.15, 0.2) is 11.5 Å². The highest BCUT2D eigenvalue weighted by molar-refractivity contribution is 7.92. The van der Waals surface area contributed by atoms with E-state index in [1.54, 1.807) is 37.3 Å². The van der Waals surface area contributed by atoms with Crippen LogP contribution in [0.3, 0.4) is 0 Å². The summed E-state index contributed by atoms with van der Waals surface area (Å²) in [5.41, 5.74) is 2.18. The molecule has 0 unspecified atom stereocenters. The summed E-state index contributed by atoms with van der Waals surface area (Å²) >= 11 is 0. The van der Waals surface area contributed by atoms with Gasteiger partial charge in [0.2, 0.25) is 11.8 Å². The predicted octanol–water partition coefficient (Wildman–Crippen LogP) is 3.37. The van der Waals surface area contributed by atoms with Gasteiger partial charge in [0.1, 0.15) is 12.6 Å². The minimum Gasteiger partial charge on any atom is -0.493 e. The molecule has 0 fully saturated rings. The maximum absolute atomic E-state index is 13.9. The topological polar surface area (TPSA) is 105 Å². The molecule has 1 atom stereocenters. The summed E-state index contributed by atoms with van der Waals surface area (Å²) in [4.78, 5) is 27.6. The molecule has 3 rings (SSSR count). The monoisotopic (exact) mass is 539 g/mol. The molecule has 0 heterocycles. The van der Waals surface area contributed by atoms with Crippen molar-refractivity contribution in [3.05, 3.63) is 83.9 Å². The normalized spacial score (nSPS) is 11.8. The number of hydrogen-bond donors (Lipinski definition) is 1. The Bertz CT molecular complexity index is 1360. The van der Waals surface area contributed by atoms with Crippen molar-refractivity contribution < 1.29 is 27.5 Å². The lowest BCUT2D eigenvalue weighted by Gasteiger charge is -2.31. The number of para-hydroxylation sites is 1. The highest BCUT2D eigenvalue weighted by Gasteiger charge is 2.32. The van der Waals surface area contributed by atoms with Crippen LogP contribution >= 0.6 is 0 Å². The van der Waals surface area contributed by atoms with Crippen LogP contribution in [0.5, 0.6) is 11.5 Å². The lowest BCUT2D eigenvalue weighted by atomic mass is 10.1. The molecule has 2 amide bonds. The summed E-state index contributed by atoms with van der Waals surface area (Å²) in [5, 5.41) is 2.57. The molecule has 0 saturated heterocycles. The third kappa shape index (κ3) is 6.44. The Hall–Kier alpha value is -4.05. The number of benzene rings is 3. The van der Waals surface area contributed by atoms with E-state index in [1.807, 2.05) is 31.2 Å². The number of amides is 2. The number of sulfonamides is 1. The van der Waals surface area contributed by atoms with Gasteiger partial charge in [0.25, 0.3) is 10.0 Å². The van der Waals surface area contributed by atoms with Crippen LogP contribution in [-0.2, 0) is 26.2 Å². The van der Waals surface area contributed by atoms with Crippen LogP contribution < -0.4 is 19.1 Å². The van der Waals surface area contributed by atoms with Crippen LogP contribution in [0.25, 0.3) is 0 Å². The van der Waals surface area contributed by atoms with E-state index in [0.29, 0.717) is 11.4 Å². The molecule has 9 nitrogen and oxygen atoms in total. The van der Waals surface area contributed by atoms with Gasteiger partial charge in [-0.3, -0.25) is 13.9 Å². The molecule has 0 radical (unpaired) electrons. The number of likely N-dealkylation sites (N-methyl/N-ethyl adjacent to an activating group) is 1. The number of methoxy groups -OCH3 is 2. The van der Waals surface area contributed by atoms with Crippen LogP contribution in [0.15, 0.2) is 77.7 Å². The number of ether oxygens (including phenoxy) is 2. The molecule has 202 valence electrons. The number of carbonyl (C=O) groups excluding carboxylic acids is 2. The molecule has 0 bridgehead atoms. The summed E-state index contributed by atoms with van der Waals surface area (Å²) in [6.45, 7) is 3.18. The molecule has 0 aliphatic heterocycles. The van der Waals surface area contributed by atoms with Crippen LogP contribution in [0, 0.1) is 6.92 Å². The molecule has 38 heavy (non-hydrogen) atoms. The van der Waals surface area contributed by atoms with Gasteiger partial charge >= 0.3 is 0 Å². The Balaban J connectivity index is 2.03. The summed E-state index contributed by atoms with van der Waals surface area (Å²) in [5.74, 6) is -0.284. The fraction of sp³-hybridized carbons (Fsp3) is 0.286. The van der Waals surface area contributed by atoms with E-state index >= 15 is 0 Å². The Labute approximate surface area is 224 Å². The average Bonchev–Trinajstić information content (AvgIpc) is 2.94. The van der Waals surface area contributed by atoms with Crippen molar-refractivity contribution in [3.8, 4) is 11.5 Å². The zero-order chi connectivity index (χ0) is 27.9. The van der Waals surface area contributed by atoms with Gasteiger partial charge in [-0.1, -0.05) is 48.0 Å². The Kier molecular flexibility index (Phi) is 9.35. The minimum absolute atomic E-state index is 0.0729. The molecular weight excluding hydrogens is 506 g/mol. The second-order valence-electron chi connectivity index (χ2n) is 8.66. The maximum Gasteiger partial charge on any atom is 0.264 e. The van der Waals surface area contributed by atoms with Gasteiger partial charge in [-0.05, 0) is 43.7 Å². The van der Waals surface area contributed by atoms with Crippen LogP contribution in [0.4, 0.5) is 5.69 Å². The molecule has 3 aromatic carbocycles. The minimum atomic E-state index is -4.22. The zero-order valence-electron chi connectivity index (χ0n) is 22.2. The Morgan fingerprint density at radius 2 is 1.55 bits per heavy atom. The standard InChI is InChI=1S/C28H33N3O6S/c1-20-11-13-22(14-12-20)18-30(21(2)28(33)29-3)27(32)19-31(23-9-7-6-8-10-23)38(34,35)24-15-16-25(36-4)26(17-24)37-5/h6-17,21H,18-19H2,1-5H3,(H,29,33)/t21-/m1/s1. The van der Waals surface area contributed by atoms with Crippen molar-refractivity contribution in [3.63, 3.8) is 0 Å². The van der Waals surface area contributed by atoms with Gasteiger partial charge in [0.05, 0.1) is 24.8 Å². The van der Waals surface area contributed by atoms with Gasteiger partial charge < -0.3 is 19.7 Å². The second kappa shape index (κ2) is 12.5. The number of rotatable bonds is 11. The van der Waals surface area contributed by atoms with Crippen molar-refractivity contribution in [2.45, 2.75) is 31.3 Å². The number of hydrogen-bond acceptors (Lipinski definition) is 6. The van der Waals surface area contributed by atoms with E-state index < -0.39 is 28.5 Å². The van der Waals surface area contributed by atoms with Crippen molar-refractivity contribution in [2.24, 2.45) is 0 Å². The van der Waals surface area contributed by atoms with Crippen molar-refractivity contribution in [1.29, 1.82) is 0 Å². The highest BCUT2D eigenvalue weighted by atomic mass is 32.2. The first-order chi connectivity index (χ1) is 18.1. The summed E-state index contributed by atoms with van der Waals surface area (Å²) < 4.78 is 39.4. The first-order valence-corrected chi connectivity index (χ1v) is 13.4. The molecule has 0 aliphatic carbocycles. The van der Waals surface area contributed by atoms with Gasteiger partial charge in [-0.15, -0.1) is 0 Å². The fourth-order valence-electron chi connectivity index (χ4n) is 3.91. The smallest absolute Gasteiger partial charge is 0.264 e. The first-order valence-electron chi connectivity index (χ1n) is 12.0. The number of nitrogens with zero attached hydrogens (tertiary/aromatic N) is 2. The van der Waals surface area contributed by atoms with E-state index in [9.17, 15) is 18.0 Å². The maximum atomic E-state index is 13.9. The van der Waals surface area contributed by atoms with Crippen LogP contribution in [0.2, 0.25) is 0 Å². The first kappa shape index (κ1) is 28.5. The molecule has 1 N–H and O–H groups in total. The molecular formula is C28H33N3O6S. The van der Waals surface area contributed by atoms with Gasteiger partial charge in [-0.25, -0.2) is 8.42 Å². The van der Waals surface area contributed by atoms with Crippen LogP contribution in [-0.4, -0.2) is 59.0 Å². The third-order valence-electron chi connectivity index (χ3n) is 6.15. The SMILES string of the molecule is CNC(=O)[C@@H](C)N(Cc1ccc(C)cc1)C(=O)CN(c1ccccc1)S(=O)(=O)c1ccc(OC)c(OC)c1. The lowest BCUT2D eigenvalue weighted by Crippen LogP contribution is -2.50. The molecule has 0 aliphatic rings. The van der Waals surface area contributed by atoms with E-state index in [-0.39, 0.29) is 23.1 Å². The van der Waals surface area contributed by atoms with Crippen molar-refractivity contribution in [2.75, 3.05) is 32.1 Å². The number of aryl methyl sites for hydroxylation is 1. The molecule has 0 spiro atoms. The summed E-state index contributed by atoms with van der Waals surface area (Å²) in [7, 11) is 0.139. The second-order valence-corrected chi connectivity index (χ2v) is 10.5. The lowest BCUT2D eigenvalue weighted by molar-refractivity contribution is -0.139. The average molecular weight is 540 g/mol. The van der Waals surface area contributed by atoms with Crippen LogP contribution in [0.1, 0.15) is 18.1 Å². The van der Waals surface area contributed by atoms with E-state index in [0.717, 1.165) is 15.4 Å². The predicted molar refractivity (Wildman–Crippen MR) is 146 cm³/mol. The summed E-state index contributed by atoms with van der Waals surface area (Å²) in [6, 6.07) is 19.3. The van der Waals surface area contributed by atoms with E-state index in [2.05, 4.69) is 5.32 Å². The van der Waals surface area contributed by atoms with Gasteiger partial charge in [0, 0.05) is 19.7 Å². The molecule has 0 saturated carbocycles. The quantitative estimate of drug-likeness (QED) is 0.401. The van der Waals surface area contributed by atoms with Crippen molar-refractivity contribution >= 4 is 27.5 Å². The highest BCUT2D eigenvalue weighted by Crippen LogP contribution is 2.32. The Morgan fingerprint density at radius 1 is 0.921 bits per heavy atom. The van der Waals surface area contributed by atoms with E-state index in [4.69, 9.17) is 9.47 Å². The molecule has 3 aromatic rings. The number of anilines is 1. The number of nitrogens with one attached hydrogen (secondary N) is 1. The van der Waals surface area contributed by atoms with E-state index in [1.165, 1.54) is 44.4 Å². The van der Waals surface area contributed by atoms with Crippen molar-refractivity contribution in [1.82, 2.24) is 10.2 Å². The largest absolute Gasteiger partial charge is 0.493 e. The Morgan fingerprint density at radius 3 is 2.13 bits per heavy atom. The molecule has 10 heteroatoms. The molecule has 0 aromatic heterocycles. The number of carbonyl (C=O) groups is 2. The third-order valence-corrected chi connectivity index (χ3v) is 7.92. The zero-order valence-corrected chi connectivity index (χ0v) is 23.0. The fourth-order valence-corrected chi connectivity index (χ4v) is 5.34. The van der Waals surface area contributed by atoms with Gasteiger partial charge in [-0.2, -0.15) is 0 Å². The summed E-state index contributed by atoms with van der Waals surface area (Å²) in [6.07, 6.45) is 0.